The van der Waals surface area contributed by atoms with Crippen LogP contribution in [-0.2, 0) is 0 Å². The largest absolute Gasteiger partial charge is 0.246 e. The molecule has 0 bridgehead atoms. The lowest BCUT2D eigenvalue weighted by Crippen LogP contribution is -2.19. The summed E-state index contributed by atoms with van der Waals surface area (Å²) in [6, 6.07) is 0. The molecule has 0 aromatic rings. The average Bonchev–Trinajstić information content (AvgIpc) is 1.77. The molecule has 0 unspecified atom stereocenters. The van der Waals surface area contributed by atoms with E-state index in [9.17, 15) is 4.39 Å². The Bertz CT molecular complexity index is 64.9. The summed E-state index contributed by atoms with van der Waals surface area (Å²) >= 11 is 3.28. The van der Waals surface area contributed by atoms with Crippen LogP contribution in [0.15, 0.2) is 0 Å². The Balaban J connectivity index is 2.28. The minimum Gasteiger partial charge on any atom is -0.246 e. The second-order valence-corrected chi connectivity index (χ2v) is 3.49. The van der Waals surface area contributed by atoms with E-state index < -0.39 is 6.17 Å². The van der Waals surface area contributed by atoms with Gasteiger partial charge < -0.3 is 0 Å². The fourth-order valence-corrected chi connectivity index (χ4v) is 1.63. The lowest BCUT2D eigenvalue weighted by atomic mass is 9.99. The van der Waals surface area contributed by atoms with E-state index in [-0.39, 0.29) is 4.83 Å². The molecule has 0 aliphatic heterocycles. The number of rotatable bonds is 0. The van der Waals surface area contributed by atoms with Crippen molar-refractivity contribution in [3.8, 4) is 0 Å². The highest BCUT2D eigenvalue weighted by Crippen LogP contribution is 2.26. The summed E-state index contributed by atoms with van der Waals surface area (Å²) in [5.74, 6) is 0. The van der Waals surface area contributed by atoms with Crippen molar-refractivity contribution in [3.63, 3.8) is 0 Å². The van der Waals surface area contributed by atoms with Crippen molar-refractivity contribution in [3.05, 3.63) is 0 Å². The van der Waals surface area contributed by atoms with Gasteiger partial charge in [0.25, 0.3) is 0 Å². The molecule has 2 atom stereocenters. The monoisotopic (exact) mass is 180 g/mol. The highest BCUT2D eigenvalue weighted by molar-refractivity contribution is 9.09. The molecular weight excluding hydrogens is 171 g/mol. The zero-order chi connectivity index (χ0) is 5.98. The molecule has 2 heteroatoms. The second kappa shape index (κ2) is 2.81. The Morgan fingerprint density at radius 2 is 1.88 bits per heavy atom. The zero-order valence-corrected chi connectivity index (χ0v) is 6.33. The van der Waals surface area contributed by atoms with E-state index in [1.807, 2.05) is 0 Å². The molecule has 1 aliphatic carbocycles. The fraction of sp³-hybridized carbons (Fsp3) is 1.00. The van der Waals surface area contributed by atoms with Gasteiger partial charge >= 0.3 is 0 Å². The van der Waals surface area contributed by atoms with E-state index in [1.54, 1.807) is 0 Å². The summed E-state index contributed by atoms with van der Waals surface area (Å²) in [7, 11) is 0. The van der Waals surface area contributed by atoms with E-state index in [0.29, 0.717) is 0 Å². The molecule has 1 fully saturated rings. The van der Waals surface area contributed by atoms with Crippen LogP contribution in [0, 0.1) is 0 Å². The van der Waals surface area contributed by atoms with Crippen LogP contribution < -0.4 is 0 Å². The first-order valence-electron chi connectivity index (χ1n) is 3.09. The SMILES string of the molecule is F[C@@H]1CCCC[C@@H]1Br. The van der Waals surface area contributed by atoms with Crippen LogP contribution >= 0.6 is 15.9 Å². The van der Waals surface area contributed by atoms with Crippen molar-refractivity contribution < 1.29 is 4.39 Å². The molecule has 0 N–H and O–H groups in total. The standard InChI is InChI=1S/C6H10BrF/c7-5-3-1-2-4-6(5)8/h5-6H,1-4H2/t5-,6+/m0/s1. The third-order valence-corrected chi connectivity index (χ3v) is 2.63. The van der Waals surface area contributed by atoms with Crippen molar-refractivity contribution in [2.45, 2.75) is 36.7 Å². The maximum atomic E-state index is 12.5. The third-order valence-electron chi connectivity index (χ3n) is 1.60. The smallest absolute Gasteiger partial charge is 0.113 e. The average molecular weight is 181 g/mol. The summed E-state index contributed by atoms with van der Waals surface area (Å²) in [5, 5.41) is 0. The topological polar surface area (TPSA) is 0 Å². The van der Waals surface area contributed by atoms with Crippen LogP contribution in [0.5, 0.6) is 0 Å². The number of alkyl halides is 2. The van der Waals surface area contributed by atoms with Gasteiger partial charge in [0, 0.05) is 4.83 Å². The molecule has 0 aromatic carbocycles. The van der Waals surface area contributed by atoms with Crippen molar-refractivity contribution in [2.75, 3.05) is 0 Å². The van der Waals surface area contributed by atoms with Crippen LogP contribution in [0.4, 0.5) is 4.39 Å². The lowest BCUT2D eigenvalue weighted by molar-refractivity contribution is 0.263. The van der Waals surface area contributed by atoms with Gasteiger partial charge in [-0.05, 0) is 12.8 Å². The molecule has 0 spiro atoms. The Hall–Kier alpha value is 0.410. The summed E-state index contributed by atoms with van der Waals surface area (Å²) < 4.78 is 12.5. The van der Waals surface area contributed by atoms with Crippen LogP contribution in [0.1, 0.15) is 25.7 Å². The third kappa shape index (κ3) is 1.44. The molecule has 0 nitrogen and oxygen atoms in total. The highest BCUT2D eigenvalue weighted by atomic mass is 79.9. The minimum absolute atomic E-state index is 0.149. The molecule has 1 saturated carbocycles. The summed E-state index contributed by atoms with van der Waals surface area (Å²) in [5.41, 5.74) is 0. The first-order valence-corrected chi connectivity index (χ1v) is 4.00. The fourth-order valence-electron chi connectivity index (χ4n) is 1.04. The van der Waals surface area contributed by atoms with Gasteiger partial charge in [0.15, 0.2) is 0 Å². The zero-order valence-electron chi connectivity index (χ0n) is 4.74. The molecule has 1 aliphatic rings. The summed E-state index contributed by atoms with van der Waals surface area (Å²) in [6.07, 6.45) is 3.46. The maximum absolute atomic E-state index is 12.5. The predicted molar refractivity (Wildman–Crippen MR) is 36.1 cm³/mol. The van der Waals surface area contributed by atoms with E-state index in [4.69, 9.17) is 0 Å². The van der Waals surface area contributed by atoms with Gasteiger partial charge in [0.2, 0.25) is 0 Å². The molecular formula is C6H10BrF. The Morgan fingerprint density at radius 3 is 2.25 bits per heavy atom. The molecule has 0 heterocycles. The highest BCUT2D eigenvalue weighted by Gasteiger charge is 2.21. The molecule has 0 radical (unpaired) electrons. The van der Waals surface area contributed by atoms with E-state index in [0.717, 1.165) is 19.3 Å². The minimum atomic E-state index is -0.580. The number of hydrogen-bond acceptors (Lipinski definition) is 0. The van der Waals surface area contributed by atoms with Crippen molar-refractivity contribution >= 4 is 15.9 Å². The van der Waals surface area contributed by atoms with Crippen molar-refractivity contribution in [1.29, 1.82) is 0 Å². The van der Waals surface area contributed by atoms with Crippen molar-refractivity contribution in [1.82, 2.24) is 0 Å². The van der Waals surface area contributed by atoms with Crippen LogP contribution in [0.2, 0.25) is 0 Å². The maximum Gasteiger partial charge on any atom is 0.113 e. The van der Waals surface area contributed by atoms with Gasteiger partial charge in [-0.15, -0.1) is 0 Å². The normalized spacial score (nSPS) is 39.8. The Morgan fingerprint density at radius 1 is 1.25 bits per heavy atom. The van der Waals surface area contributed by atoms with Crippen LogP contribution in [0.3, 0.4) is 0 Å². The van der Waals surface area contributed by atoms with Gasteiger partial charge in [-0.1, -0.05) is 28.8 Å². The molecule has 48 valence electrons. The van der Waals surface area contributed by atoms with Gasteiger partial charge in [0.1, 0.15) is 6.17 Å². The summed E-state index contributed by atoms with van der Waals surface area (Å²) in [4.78, 5) is 0.149. The molecule has 0 aromatic heterocycles. The first kappa shape index (κ1) is 6.53. The molecule has 0 amide bonds. The number of hydrogen-bond donors (Lipinski definition) is 0. The van der Waals surface area contributed by atoms with Crippen LogP contribution in [0.25, 0.3) is 0 Å². The Labute approximate surface area is 57.6 Å². The van der Waals surface area contributed by atoms with E-state index >= 15 is 0 Å². The Kier molecular flexibility index (Phi) is 2.29. The molecule has 8 heavy (non-hydrogen) atoms. The second-order valence-electron chi connectivity index (χ2n) is 2.32. The van der Waals surface area contributed by atoms with Crippen molar-refractivity contribution in [2.24, 2.45) is 0 Å². The lowest BCUT2D eigenvalue weighted by Gasteiger charge is -2.19. The van der Waals surface area contributed by atoms with Gasteiger partial charge in [-0.25, -0.2) is 4.39 Å². The molecule has 1 rings (SSSR count). The summed E-state index contributed by atoms with van der Waals surface area (Å²) in [6.45, 7) is 0. The van der Waals surface area contributed by atoms with Gasteiger partial charge in [-0.3, -0.25) is 0 Å². The first-order chi connectivity index (χ1) is 3.80. The van der Waals surface area contributed by atoms with Gasteiger partial charge in [-0.2, -0.15) is 0 Å². The number of halogens is 2. The quantitative estimate of drug-likeness (QED) is 0.504. The van der Waals surface area contributed by atoms with E-state index in [2.05, 4.69) is 15.9 Å². The van der Waals surface area contributed by atoms with Gasteiger partial charge in [0.05, 0.1) is 0 Å². The predicted octanol–water partition coefficient (Wildman–Crippen LogP) is 2.66. The van der Waals surface area contributed by atoms with Crippen LogP contribution in [-0.4, -0.2) is 11.0 Å². The molecule has 0 saturated heterocycles. The van der Waals surface area contributed by atoms with E-state index in [1.165, 1.54) is 6.42 Å².